The van der Waals surface area contributed by atoms with Gasteiger partial charge < -0.3 is 24.0 Å². The van der Waals surface area contributed by atoms with Gasteiger partial charge in [-0.25, -0.2) is 9.59 Å². The van der Waals surface area contributed by atoms with Crippen molar-refractivity contribution in [3.05, 3.63) is 170 Å². The number of alkyl halides is 2. The van der Waals surface area contributed by atoms with Gasteiger partial charge in [0.25, 0.3) is 11.1 Å². The first-order valence-electron chi connectivity index (χ1n) is 24.3. The smallest absolute Gasteiger partial charge is 0.354 e. The van der Waals surface area contributed by atoms with E-state index >= 15 is 0 Å². The Morgan fingerprint density at radius 2 is 1.04 bits per heavy atom. The van der Waals surface area contributed by atoms with Crippen LogP contribution in [0, 0.1) is 0 Å². The van der Waals surface area contributed by atoms with Gasteiger partial charge in [-0.3, -0.25) is 37.0 Å². The van der Waals surface area contributed by atoms with Crippen LogP contribution in [0.4, 0.5) is 13.5 Å². The molecule has 0 saturated carbocycles. The number of hydrogen-bond acceptors (Lipinski definition) is 10. The first-order valence-corrected chi connectivity index (χ1v) is 26.9. The summed E-state index contributed by atoms with van der Waals surface area (Å²) >= 11 is 16.5. The lowest BCUT2D eigenvalue weighted by Gasteiger charge is -2.13. The highest BCUT2D eigenvalue weighted by Gasteiger charge is 2.23. The van der Waals surface area contributed by atoms with Gasteiger partial charge in [0, 0.05) is 52.9 Å². The van der Waals surface area contributed by atoms with E-state index in [0.29, 0.717) is 56.1 Å². The molecule has 16 nitrogen and oxygen atoms in total. The average molecular weight is 1240 g/mol. The molecule has 1 atom stereocenters. The van der Waals surface area contributed by atoms with E-state index in [0.717, 1.165) is 60.5 Å². The van der Waals surface area contributed by atoms with Crippen LogP contribution in [0.1, 0.15) is 81.7 Å². The third-order valence-electron chi connectivity index (χ3n) is 11.2. The number of halogens is 7. The van der Waals surface area contributed by atoms with Crippen molar-refractivity contribution >= 4 is 84.9 Å². The molecule has 77 heavy (non-hydrogen) atoms. The molecular weight excluding hydrogens is 1180 g/mol. The van der Waals surface area contributed by atoms with Gasteiger partial charge >= 0.3 is 31.0 Å². The van der Waals surface area contributed by atoms with E-state index in [1.54, 1.807) is 55.3 Å². The van der Waals surface area contributed by atoms with Crippen LogP contribution in [0.5, 0.6) is 23.5 Å². The summed E-state index contributed by atoms with van der Waals surface area (Å²) in [6.45, 7) is 8.54. The zero-order valence-electron chi connectivity index (χ0n) is 44.0. The fraction of sp³-hybridized carbons (Fsp3) is 0.358. The quantitative estimate of drug-likeness (QED) is 0.0740. The summed E-state index contributed by atoms with van der Waals surface area (Å²) in [5.74, 6) is 1.13. The third kappa shape index (κ3) is 18.1. The van der Waals surface area contributed by atoms with E-state index in [9.17, 15) is 28.6 Å². The molecule has 1 radical (unpaired) electrons. The molecule has 0 saturated heterocycles. The van der Waals surface area contributed by atoms with E-state index in [1.807, 2.05) is 79.7 Å². The minimum atomic E-state index is -0.591. The first-order chi connectivity index (χ1) is 36.9. The molecule has 8 rings (SSSR count). The van der Waals surface area contributed by atoms with E-state index in [-0.39, 0.29) is 35.1 Å². The summed E-state index contributed by atoms with van der Waals surface area (Å²) in [6.07, 6.45) is 4.62. The fourth-order valence-electron chi connectivity index (χ4n) is 7.52. The lowest BCUT2D eigenvalue weighted by atomic mass is 10.0. The number of aryl methyl sites for hydroxylation is 3. The second kappa shape index (κ2) is 33.4. The van der Waals surface area contributed by atoms with Crippen molar-refractivity contribution in [2.24, 2.45) is 28.2 Å². The van der Waals surface area contributed by atoms with Gasteiger partial charge in [-0.2, -0.15) is 9.97 Å². The SMILES string of the molecule is CCCC(O)c1cccc(Oc2nc3c(c(=O)n(C)c(=O)n3C)n2Cc2cccc(Br)c2)c1.CCCCc1cccc(Oc2nc3c(c(=O)n(C)c(=O)n3C)n2Cc2cccc(Br)c2)c1.CCO.CC[B]F.ClCCl.FF. The van der Waals surface area contributed by atoms with Crippen LogP contribution in [0.2, 0.25) is 6.32 Å². The first kappa shape index (κ1) is 65.4. The van der Waals surface area contributed by atoms with Crippen molar-refractivity contribution in [3.63, 3.8) is 0 Å². The molecule has 0 fully saturated rings. The summed E-state index contributed by atoms with van der Waals surface area (Å²) in [5.41, 5.74) is 3.22. The number of fused-ring (bicyclic) bond motifs is 2. The largest absolute Gasteiger partial charge is 0.425 e. The van der Waals surface area contributed by atoms with Crippen molar-refractivity contribution in [2.75, 3.05) is 11.9 Å². The highest BCUT2D eigenvalue weighted by molar-refractivity contribution is 9.10. The number of aliphatic hydroxyl groups excluding tert-OH is 2. The van der Waals surface area contributed by atoms with Gasteiger partial charge in [-0.05, 0) is 103 Å². The number of rotatable bonds is 15. The average Bonchev–Trinajstić information content (AvgIpc) is 3.96. The zero-order chi connectivity index (χ0) is 57.4. The Balaban J connectivity index is 0.000000337. The molecule has 2 N–H and O–H groups in total. The molecule has 0 aliphatic carbocycles. The van der Waals surface area contributed by atoms with E-state index in [2.05, 4.69) is 54.8 Å². The van der Waals surface area contributed by atoms with Crippen molar-refractivity contribution < 1.29 is 33.2 Å². The number of benzene rings is 4. The van der Waals surface area contributed by atoms with Crippen LogP contribution in [-0.4, -0.2) is 67.1 Å². The molecule has 0 amide bonds. The Hall–Kier alpha value is -5.91. The van der Waals surface area contributed by atoms with Crippen molar-refractivity contribution in [1.29, 1.82) is 0 Å². The molecule has 4 aromatic carbocycles. The number of unbranched alkanes of at least 4 members (excludes halogenated alkanes) is 1. The number of hydrogen-bond donors (Lipinski definition) is 2. The van der Waals surface area contributed by atoms with Crippen LogP contribution in [0.3, 0.4) is 0 Å². The number of aromatic nitrogens is 8. The molecule has 24 heteroatoms. The fourth-order valence-corrected chi connectivity index (χ4v) is 8.41. The molecule has 415 valence electrons. The van der Waals surface area contributed by atoms with Crippen LogP contribution in [0.25, 0.3) is 22.3 Å². The molecule has 1 unspecified atom stereocenters. The van der Waals surface area contributed by atoms with E-state index in [4.69, 9.17) is 46.9 Å². The Bertz CT molecular complexity index is 3390. The monoisotopic (exact) mass is 1240 g/mol. The lowest BCUT2D eigenvalue weighted by molar-refractivity contribution is 0.108. The van der Waals surface area contributed by atoms with Gasteiger partial charge in [0.1, 0.15) is 11.5 Å². The third-order valence-corrected chi connectivity index (χ3v) is 12.2. The van der Waals surface area contributed by atoms with Crippen LogP contribution in [-0.2, 0) is 47.7 Å². The summed E-state index contributed by atoms with van der Waals surface area (Å²) in [5, 5.41) is 18.1. The van der Waals surface area contributed by atoms with Gasteiger partial charge in [0.05, 0.1) is 24.5 Å². The Morgan fingerprint density at radius 1 is 0.636 bits per heavy atom. The Kier molecular flexibility index (Phi) is 28.4. The van der Waals surface area contributed by atoms with Crippen LogP contribution in [0.15, 0.2) is 125 Å². The topological polar surface area (TPSA) is 183 Å². The van der Waals surface area contributed by atoms with Gasteiger partial charge in [-0.15, -0.1) is 23.2 Å². The standard InChI is InChI=1S/C24H25BrN4O4.C24H25BrN4O3.C2H5BF.C2H6O.CH2Cl2.F2/c1-4-7-19(30)16-9-6-11-18(13-16)33-23-26-21-20(22(31)28(3)24(32)27(21)2)29(23)14-15-8-5-10-17(25)12-15;1-4-5-8-16-9-7-12-19(14-16)32-23-26-21-20(22(30)28(3)24(31)27(21)2)29(23)15-17-10-6-11-18(25)13-17;1-2-3-4;1-2-3;2-1-3;1-2/h5-6,8-13,19,30H,4,7,14H2,1-3H3;6-7,9-14H,4-5,8,15H2,1-3H3;2H2,1H3;3H,2H2,1H3;1H2;. The van der Waals surface area contributed by atoms with Gasteiger partial charge in [-0.1, -0.05) is 114 Å². The Labute approximate surface area is 471 Å². The number of ether oxygens (including phenoxy) is 2. The minimum Gasteiger partial charge on any atom is -0.425 e. The van der Waals surface area contributed by atoms with Crippen molar-refractivity contribution in [2.45, 2.75) is 85.3 Å². The highest BCUT2D eigenvalue weighted by Crippen LogP contribution is 2.30. The molecule has 4 aromatic heterocycles. The molecule has 0 aliphatic heterocycles. The van der Waals surface area contributed by atoms with E-state index < -0.39 is 28.6 Å². The molecule has 0 bridgehead atoms. The summed E-state index contributed by atoms with van der Waals surface area (Å²) < 4.78 is 49.0. The summed E-state index contributed by atoms with van der Waals surface area (Å²) in [6, 6.07) is 31.1. The van der Waals surface area contributed by atoms with Gasteiger partial charge in [0.15, 0.2) is 22.3 Å². The number of nitrogens with zero attached hydrogens (tertiary/aromatic N) is 8. The van der Waals surface area contributed by atoms with Crippen molar-refractivity contribution in [3.8, 4) is 23.5 Å². The summed E-state index contributed by atoms with van der Waals surface area (Å²) in [7, 11) is 6.72. The normalized spacial score (nSPS) is 10.8. The zero-order valence-corrected chi connectivity index (χ0v) is 48.7. The van der Waals surface area contributed by atoms with Crippen molar-refractivity contribution in [1.82, 2.24) is 37.4 Å². The predicted octanol–water partition coefficient (Wildman–Crippen LogP) is 11.5. The molecule has 4 heterocycles. The highest BCUT2D eigenvalue weighted by atomic mass is 79.9. The molecule has 0 aliphatic rings. The number of aliphatic hydroxyl groups is 2. The molecule has 8 aromatic rings. The predicted molar refractivity (Wildman–Crippen MR) is 307 cm³/mol. The maximum atomic E-state index is 13.1. The van der Waals surface area contributed by atoms with Crippen LogP contribution >= 0.6 is 55.1 Å². The minimum absolute atomic E-state index is 0.186. The second-order valence-electron chi connectivity index (χ2n) is 16.8. The second-order valence-corrected chi connectivity index (χ2v) is 19.4. The number of imidazole rings is 2. The Morgan fingerprint density at radius 3 is 1.44 bits per heavy atom. The lowest BCUT2D eigenvalue weighted by Crippen LogP contribution is -2.37. The molecular formula is C53H63BBr2Cl2F3N8O8. The molecule has 0 spiro atoms. The summed E-state index contributed by atoms with van der Waals surface area (Å²) in [4.78, 5) is 60.1. The van der Waals surface area contributed by atoms with Gasteiger partial charge in [0.2, 0.25) is 0 Å². The van der Waals surface area contributed by atoms with Crippen LogP contribution < -0.4 is 32.0 Å². The van der Waals surface area contributed by atoms with E-state index in [1.165, 1.54) is 28.8 Å². The maximum Gasteiger partial charge on any atom is 0.354 e. The maximum absolute atomic E-state index is 13.1.